The molecule has 0 radical (unpaired) electrons. The molecule has 1 saturated heterocycles. The van der Waals surface area contributed by atoms with Crippen LogP contribution in [0.15, 0.2) is 35.8 Å². The lowest BCUT2D eigenvalue weighted by Gasteiger charge is -2.31. The molecule has 0 saturated carbocycles. The molecule has 0 aromatic carbocycles. The minimum Gasteiger partial charge on any atom is -0.474 e. The number of carbonyl (C=O) groups is 2. The summed E-state index contributed by atoms with van der Waals surface area (Å²) in [5.74, 6) is 0.524. The van der Waals surface area contributed by atoms with Crippen molar-refractivity contribution in [3.63, 3.8) is 0 Å². The SMILES string of the molecule is CN(C)C(=O)c1ccc(OC2CCN(C(=O)c3cccs3)CC2)nc1. The van der Waals surface area contributed by atoms with Crippen LogP contribution in [0.5, 0.6) is 5.88 Å². The molecule has 2 aromatic heterocycles. The number of piperidine rings is 1. The summed E-state index contributed by atoms with van der Waals surface area (Å²) in [5, 5.41) is 1.92. The monoisotopic (exact) mass is 359 g/mol. The molecule has 132 valence electrons. The van der Waals surface area contributed by atoms with E-state index in [2.05, 4.69) is 4.98 Å². The highest BCUT2D eigenvalue weighted by molar-refractivity contribution is 7.12. The van der Waals surface area contributed by atoms with Crippen LogP contribution in [0.3, 0.4) is 0 Å². The Labute approximate surface area is 151 Å². The lowest BCUT2D eigenvalue weighted by molar-refractivity contribution is 0.0592. The third-order valence-corrected chi connectivity index (χ3v) is 5.00. The summed E-state index contributed by atoms with van der Waals surface area (Å²) in [6.45, 7) is 1.36. The maximum atomic E-state index is 12.3. The van der Waals surface area contributed by atoms with Crippen molar-refractivity contribution in [2.24, 2.45) is 0 Å². The molecule has 3 rings (SSSR count). The molecule has 25 heavy (non-hydrogen) atoms. The summed E-state index contributed by atoms with van der Waals surface area (Å²) < 4.78 is 5.90. The first-order valence-corrected chi connectivity index (χ1v) is 9.09. The van der Waals surface area contributed by atoms with E-state index >= 15 is 0 Å². The van der Waals surface area contributed by atoms with Crippen LogP contribution in [0.25, 0.3) is 0 Å². The largest absolute Gasteiger partial charge is 0.474 e. The molecule has 0 spiro atoms. The summed E-state index contributed by atoms with van der Waals surface area (Å²) in [5.41, 5.74) is 0.536. The van der Waals surface area contributed by atoms with Gasteiger partial charge in [-0.2, -0.15) is 0 Å². The molecular formula is C18H21N3O3S. The molecule has 2 aromatic rings. The van der Waals surface area contributed by atoms with Crippen molar-refractivity contribution in [3.8, 4) is 5.88 Å². The Balaban J connectivity index is 1.52. The molecular weight excluding hydrogens is 338 g/mol. The zero-order valence-electron chi connectivity index (χ0n) is 14.3. The molecule has 3 heterocycles. The number of amides is 2. The number of ether oxygens (including phenoxy) is 1. The highest BCUT2D eigenvalue weighted by Gasteiger charge is 2.25. The van der Waals surface area contributed by atoms with Crippen molar-refractivity contribution >= 4 is 23.2 Å². The quantitative estimate of drug-likeness (QED) is 0.842. The van der Waals surface area contributed by atoms with Gasteiger partial charge in [-0.15, -0.1) is 11.3 Å². The van der Waals surface area contributed by atoms with Gasteiger partial charge in [-0.3, -0.25) is 9.59 Å². The Morgan fingerprint density at radius 2 is 2.00 bits per heavy atom. The highest BCUT2D eigenvalue weighted by atomic mass is 32.1. The van der Waals surface area contributed by atoms with Gasteiger partial charge in [0, 0.05) is 52.3 Å². The van der Waals surface area contributed by atoms with Crippen LogP contribution in [0.1, 0.15) is 32.9 Å². The van der Waals surface area contributed by atoms with Crippen molar-refractivity contribution in [1.29, 1.82) is 0 Å². The van der Waals surface area contributed by atoms with E-state index in [9.17, 15) is 9.59 Å². The highest BCUT2D eigenvalue weighted by Crippen LogP contribution is 2.20. The molecule has 7 heteroatoms. The number of thiophene rings is 1. The maximum Gasteiger partial charge on any atom is 0.263 e. The molecule has 1 aliphatic heterocycles. The van der Waals surface area contributed by atoms with Crippen molar-refractivity contribution in [2.75, 3.05) is 27.2 Å². The maximum absolute atomic E-state index is 12.3. The standard InChI is InChI=1S/C18H21N3O3S/c1-20(2)17(22)13-5-6-16(19-12-13)24-14-7-9-21(10-8-14)18(23)15-4-3-11-25-15/h3-6,11-12,14H,7-10H2,1-2H3. The van der Waals surface area contributed by atoms with Crippen molar-refractivity contribution in [3.05, 3.63) is 46.3 Å². The smallest absolute Gasteiger partial charge is 0.263 e. The average molecular weight is 359 g/mol. The Morgan fingerprint density at radius 3 is 2.56 bits per heavy atom. The number of nitrogens with zero attached hydrogens (tertiary/aromatic N) is 3. The molecule has 0 atom stereocenters. The number of carbonyl (C=O) groups excluding carboxylic acids is 2. The second kappa shape index (κ2) is 7.65. The van der Waals surface area contributed by atoms with Gasteiger partial charge in [-0.05, 0) is 17.5 Å². The summed E-state index contributed by atoms with van der Waals surface area (Å²) in [6.07, 6.45) is 3.12. The molecule has 1 aliphatic rings. The van der Waals surface area contributed by atoms with Gasteiger partial charge in [0.15, 0.2) is 0 Å². The summed E-state index contributed by atoms with van der Waals surface area (Å²) in [6, 6.07) is 7.19. The first kappa shape index (κ1) is 17.4. The Morgan fingerprint density at radius 1 is 1.24 bits per heavy atom. The van der Waals surface area contributed by atoms with Crippen molar-refractivity contribution < 1.29 is 14.3 Å². The fourth-order valence-corrected chi connectivity index (χ4v) is 3.43. The number of hydrogen-bond acceptors (Lipinski definition) is 5. The van der Waals surface area contributed by atoms with Gasteiger partial charge >= 0.3 is 0 Å². The number of pyridine rings is 1. The second-order valence-corrected chi connectivity index (χ2v) is 7.12. The van der Waals surface area contributed by atoms with Gasteiger partial charge in [-0.1, -0.05) is 6.07 Å². The number of hydrogen-bond donors (Lipinski definition) is 0. The fraction of sp³-hybridized carbons (Fsp3) is 0.389. The Bertz CT molecular complexity index is 721. The van der Waals surface area contributed by atoms with Crippen molar-refractivity contribution in [1.82, 2.24) is 14.8 Å². The van der Waals surface area contributed by atoms with Gasteiger partial charge in [0.25, 0.3) is 11.8 Å². The second-order valence-electron chi connectivity index (χ2n) is 6.17. The number of likely N-dealkylation sites (tertiary alicyclic amines) is 1. The van der Waals surface area contributed by atoms with E-state index in [1.807, 2.05) is 22.4 Å². The average Bonchev–Trinajstić information content (AvgIpc) is 3.16. The molecule has 0 bridgehead atoms. The first-order chi connectivity index (χ1) is 12.0. The molecule has 0 aliphatic carbocycles. The number of rotatable bonds is 4. The number of aromatic nitrogens is 1. The van der Waals surface area contributed by atoms with Crippen LogP contribution in [0.4, 0.5) is 0 Å². The zero-order chi connectivity index (χ0) is 17.8. The minimum atomic E-state index is -0.0838. The molecule has 0 N–H and O–H groups in total. The van der Waals surface area contributed by atoms with E-state index in [1.165, 1.54) is 22.4 Å². The van der Waals surface area contributed by atoms with Gasteiger partial charge in [-0.25, -0.2) is 4.98 Å². The Hall–Kier alpha value is -2.41. The minimum absolute atomic E-state index is 0.0373. The molecule has 2 amide bonds. The predicted molar refractivity (Wildman–Crippen MR) is 96.1 cm³/mol. The van der Waals surface area contributed by atoms with Crippen LogP contribution in [-0.4, -0.2) is 59.9 Å². The molecule has 6 nitrogen and oxygen atoms in total. The van der Waals surface area contributed by atoms with E-state index in [0.29, 0.717) is 24.5 Å². The van der Waals surface area contributed by atoms with Crippen LogP contribution in [0.2, 0.25) is 0 Å². The normalized spacial score (nSPS) is 15.0. The van der Waals surface area contributed by atoms with Gasteiger partial charge < -0.3 is 14.5 Å². The topological polar surface area (TPSA) is 62.7 Å². The van der Waals surface area contributed by atoms with Gasteiger partial charge in [0.05, 0.1) is 10.4 Å². The predicted octanol–water partition coefficient (Wildman–Crippen LogP) is 2.53. The lowest BCUT2D eigenvalue weighted by atomic mass is 10.1. The third-order valence-electron chi connectivity index (χ3n) is 4.14. The Kier molecular flexibility index (Phi) is 5.33. The molecule has 0 unspecified atom stereocenters. The lowest BCUT2D eigenvalue weighted by Crippen LogP contribution is -2.41. The van der Waals surface area contributed by atoms with Crippen LogP contribution >= 0.6 is 11.3 Å². The van der Waals surface area contributed by atoms with E-state index in [1.54, 1.807) is 26.2 Å². The third kappa shape index (κ3) is 4.17. The molecule has 1 fully saturated rings. The summed E-state index contributed by atoms with van der Waals surface area (Å²) in [4.78, 5) is 32.6. The first-order valence-electron chi connectivity index (χ1n) is 8.22. The zero-order valence-corrected chi connectivity index (χ0v) is 15.2. The van der Waals surface area contributed by atoms with Crippen molar-refractivity contribution in [2.45, 2.75) is 18.9 Å². The van der Waals surface area contributed by atoms with E-state index in [-0.39, 0.29) is 17.9 Å². The van der Waals surface area contributed by atoms with Gasteiger partial charge in [0.2, 0.25) is 5.88 Å². The van der Waals surface area contributed by atoms with E-state index in [0.717, 1.165) is 17.7 Å². The van der Waals surface area contributed by atoms with Crippen LogP contribution < -0.4 is 4.74 Å². The van der Waals surface area contributed by atoms with Crippen LogP contribution in [0, 0.1) is 0 Å². The van der Waals surface area contributed by atoms with E-state index in [4.69, 9.17) is 4.74 Å². The fourth-order valence-electron chi connectivity index (χ4n) is 2.74. The summed E-state index contributed by atoms with van der Waals surface area (Å²) in [7, 11) is 3.41. The van der Waals surface area contributed by atoms with Crippen LogP contribution in [-0.2, 0) is 0 Å². The van der Waals surface area contributed by atoms with E-state index < -0.39 is 0 Å². The van der Waals surface area contributed by atoms with Gasteiger partial charge in [0.1, 0.15) is 6.10 Å². The summed E-state index contributed by atoms with van der Waals surface area (Å²) >= 11 is 1.47.